The van der Waals surface area contributed by atoms with Gasteiger partial charge in [-0.3, -0.25) is 0 Å². The number of furan rings is 1. The van der Waals surface area contributed by atoms with E-state index >= 15 is 0 Å². The first-order chi connectivity index (χ1) is 31.7. The summed E-state index contributed by atoms with van der Waals surface area (Å²) in [5.41, 5.74) is 16.2. The Hall–Kier alpha value is -8.64. The maximum absolute atomic E-state index is 6.40. The predicted octanol–water partition coefficient (Wildman–Crippen LogP) is 17.3. The summed E-state index contributed by atoms with van der Waals surface area (Å²) >= 11 is 0. The lowest BCUT2D eigenvalue weighted by Gasteiger charge is -2.28. The van der Waals surface area contributed by atoms with Crippen LogP contribution in [-0.2, 0) is 0 Å². The summed E-state index contributed by atoms with van der Waals surface area (Å²) in [6.07, 6.45) is 0. The summed E-state index contributed by atoms with van der Waals surface area (Å²) in [4.78, 5) is 2.38. The highest BCUT2D eigenvalue weighted by Gasteiger charge is 2.19. The molecule has 0 atom stereocenters. The lowest BCUT2D eigenvalue weighted by molar-refractivity contribution is 0.669. The molecule has 0 aliphatic heterocycles. The minimum absolute atomic E-state index is 0.875. The van der Waals surface area contributed by atoms with Crippen molar-refractivity contribution in [2.45, 2.75) is 0 Å². The molecule has 1 aromatic heterocycles. The molecule has 2 nitrogen and oxygen atoms in total. The number of fused-ring (bicyclic) bond motifs is 6. The molecule has 1 heterocycles. The summed E-state index contributed by atoms with van der Waals surface area (Å²) in [6, 6.07) is 91.2. The minimum atomic E-state index is 0.875. The van der Waals surface area contributed by atoms with Crippen molar-refractivity contribution in [3.63, 3.8) is 0 Å². The SMILES string of the molecule is c1cccc(-c2cc(-c3ccccc3)cc(-c3ccc(N(c4ccc(-c5cccc6c5ccc5ccccc56)cc4)c4ccccc4-c4ccc5c(c4)oc4ccccc45)cc3)c2)c#1. The van der Waals surface area contributed by atoms with Crippen LogP contribution < -0.4 is 4.90 Å². The first kappa shape index (κ1) is 37.1. The maximum atomic E-state index is 6.40. The maximum Gasteiger partial charge on any atom is 0.136 e. The Kier molecular flexibility index (Phi) is 9.10. The van der Waals surface area contributed by atoms with Crippen molar-refractivity contribution in [2.75, 3.05) is 4.90 Å². The van der Waals surface area contributed by atoms with Gasteiger partial charge in [0.15, 0.2) is 0 Å². The highest BCUT2D eigenvalue weighted by atomic mass is 16.3. The zero-order chi connectivity index (χ0) is 42.4. The number of anilines is 3. The van der Waals surface area contributed by atoms with E-state index < -0.39 is 0 Å². The van der Waals surface area contributed by atoms with Gasteiger partial charge in [0.2, 0.25) is 0 Å². The van der Waals surface area contributed by atoms with Crippen LogP contribution >= 0.6 is 0 Å². The molecule has 64 heavy (non-hydrogen) atoms. The van der Waals surface area contributed by atoms with Crippen LogP contribution in [-0.4, -0.2) is 0 Å². The Labute approximate surface area is 372 Å². The van der Waals surface area contributed by atoms with E-state index in [0.717, 1.165) is 77.9 Å². The van der Waals surface area contributed by atoms with Crippen LogP contribution in [0.25, 0.3) is 99.1 Å². The number of nitrogens with zero attached hydrogens (tertiary/aromatic N) is 1. The van der Waals surface area contributed by atoms with Crippen molar-refractivity contribution in [1.29, 1.82) is 0 Å². The van der Waals surface area contributed by atoms with Crippen LogP contribution in [0.1, 0.15) is 0 Å². The molecule has 0 saturated heterocycles. The standard InChI is InChI=1S/C62H39NO/c1-3-14-42(15-4-1)48-38-49(43-16-5-2-6-17-43)40-50(39-48)44-26-32-51(33-27-44)63(60-24-11-9-20-55(60)47-31-37-59-58-21-10-12-25-61(58)64-62(59)41-47)52-34-28-46(29-35-52)54-22-13-23-56-53-19-8-7-18-45(53)30-36-57(54)56/h1-5,7-16,18-41H. The Morgan fingerprint density at radius 3 is 1.73 bits per heavy atom. The summed E-state index contributed by atoms with van der Waals surface area (Å²) in [5, 5.41) is 7.27. The molecule has 12 rings (SSSR count). The Balaban J connectivity index is 0.987. The third-order valence-corrected chi connectivity index (χ3v) is 12.5. The molecule has 2 heteroatoms. The van der Waals surface area contributed by atoms with Gasteiger partial charge in [-0.25, -0.2) is 0 Å². The van der Waals surface area contributed by atoms with E-state index in [1.165, 1.54) is 38.2 Å². The quantitative estimate of drug-likeness (QED) is 0.142. The molecular formula is C62H39NO. The van der Waals surface area contributed by atoms with Gasteiger partial charge in [0.25, 0.3) is 0 Å². The number of benzene rings is 10. The molecule has 0 fully saturated rings. The first-order valence-corrected chi connectivity index (χ1v) is 21.7. The van der Waals surface area contributed by atoms with Gasteiger partial charge in [0, 0.05) is 33.3 Å². The second kappa shape index (κ2) is 15.7. The Bertz CT molecular complexity index is 3590. The zero-order valence-corrected chi connectivity index (χ0v) is 34.9. The normalized spacial score (nSPS) is 11.3. The summed E-state index contributed by atoms with van der Waals surface area (Å²) < 4.78 is 6.40. The van der Waals surface area contributed by atoms with Gasteiger partial charge in [-0.15, -0.1) is 0 Å². The van der Waals surface area contributed by atoms with Gasteiger partial charge < -0.3 is 9.32 Å². The van der Waals surface area contributed by atoms with Gasteiger partial charge in [-0.2, -0.15) is 0 Å². The van der Waals surface area contributed by atoms with Gasteiger partial charge >= 0.3 is 0 Å². The molecule has 0 bridgehead atoms. The van der Waals surface area contributed by atoms with Gasteiger partial charge in [-0.1, -0.05) is 170 Å². The van der Waals surface area contributed by atoms with Crippen LogP contribution in [0.15, 0.2) is 241 Å². The van der Waals surface area contributed by atoms with Crippen molar-refractivity contribution >= 4 is 60.5 Å². The average Bonchev–Trinajstić information content (AvgIpc) is 3.75. The molecule has 11 aromatic carbocycles. The van der Waals surface area contributed by atoms with Gasteiger partial charge in [0.05, 0.1) is 5.69 Å². The largest absolute Gasteiger partial charge is 0.456 e. The number of para-hydroxylation sites is 2. The Morgan fingerprint density at radius 2 is 0.938 bits per heavy atom. The lowest BCUT2D eigenvalue weighted by atomic mass is 9.93. The fraction of sp³-hybridized carbons (Fsp3) is 0. The van der Waals surface area contributed by atoms with Crippen molar-refractivity contribution < 1.29 is 4.42 Å². The van der Waals surface area contributed by atoms with E-state index in [1.807, 2.05) is 24.3 Å². The van der Waals surface area contributed by atoms with Crippen LogP contribution in [0.2, 0.25) is 0 Å². The lowest BCUT2D eigenvalue weighted by Crippen LogP contribution is -2.11. The third kappa shape index (κ3) is 6.65. The highest BCUT2D eigenvalue weighted by molar-refractivity contribution is 6.12. The topological polar surface area (TPSA) is 16.4 Å². The van der Waals surface area contributed by atoms with E-state index in [2.05, 4.69) is 229 Å². The Morgan fingerprint density at radius 1 is 0.328 bits per heavy atom. The number of hydrogen-bond acceptors (Lipinski definition) is 2. The summed E-state index contributed by atoms with van der Waals surface area (Å²) in [7, 11) is 0. The summed E-state index contributed by atoms with van der Waals surface area (Å²) in [5.74, 6) is 0. The second-order valence-corrected chi connectivity index (χ2v) is 16.3. The number of hydrogen-bond donors (Lipinski definition) is 0. The molecule has 0 N–H and O–H groups in total. The first-order valence-electron chi connectivity index (χ1n) is 21.7. The van der Waals surface area contributed by atoms with E-state index in [0.29, 0.717) is 0 Å². The molecule has 0 unspecified atom stereocenters. The van der Waals surface area contributed by atoms with Crippen LogP contribution in [0.3, 0.4) is 0 Å². The molecule has 0 saturated carbocycles. The zero-order valence-electron chi connectivity index (χ0n) is 34.9. The smallest absolute Gasteiger partial charge is 0.136 e. The molecule has 0 radical (unpaired) electrons. The number of rotatable bonds is 8. The average molecular weight is 814 g/mol. The van der Waals surface area contributed by atoms with Crippen LogP contribution in [0.4, 0.5) is 17.1 Å². The fourth-order valence-electron chi connectivity index (χ4n) is 9.39. The molecule has 0 aliphatic carbocycles. The summed E-state index contributed by atoms with van der Waals surface area (Å²) in [6.45, 7) is 0. The van der Waals surface area contributed by atoms with Gasteiger partial charge in [-0.05, 0) is 145 Å². The van der Waals surface area contributed by atoms with Crippen molar-refractivity contribution in [2.24, 2.45) is 0 Å². The molecule has 12 aromatic rings. The van der Waals surface area contributed by atoms with Crippen LogP contribution in [0.5, 0.6) is 0 Å². The van der Waals surface area contributed by atoms with Crippen molar-refractivity contribution in [3.8, 4) is 55.6 Å². The third-order valence-electron chi connectivity index (χ3n) is 12.5. The van der Waals surface area contributed by atoms with E-state index in [-0.39, 0.29) is 0 Å². The molecule has 0 spiro atoms. The highest BCUT2D eigenvalue weighted by Crippen LogP contribution is 2.44. The molecule has 0 aliphatic rings. The van der Waals surface area contributed by atoms with E-state index in [1.54, 1.807) is 0 Å². The van der Waals surface area contributed by atoms with Crippen molar-refractivity contribution in [3.05, 3.63) is 249 Å². The molecule has 298 valence electrons. The minimum Gasteiger partial charge on any atom is -0.456 e. The second-order valence-electron chi connectivity index (χ2n) is 16.3. The van der Waals surface area contributed by atoms with E-state index in [4.69, 9.17) is 4.42 Å². The van der Waals surface area contributed by atoms with E-state index in [9.17, 15) is 0 Å². The molecular weight excluding hydrogens is 775 g/mol. The van der Waals surface area contributed by atoms with Crippen LogP contribution in [0, 0.1) is 12.1 Å². The monoisotopic (exact) mass is 813 g/mol. The predicted molar refractivity (Wildman–Crippen MR) is 268 cm³/mol. The van der Waals surface area contributed by atoms with Crippen molar-refractivity contribution in [1.82, 2.24) is 0 Å². The van der Waals surface area contributed by atoms with Gasteiger partial charge in [0.1, 0.15) is 11.2 Å². The molecule has 0 amide bonds. The fourth-order valence-corrected chi connectivity index (χ4v) is 9.39.